The van der Waals surface area contributed by atoms with E-state index in [2.05, 4.69) is 5.43 Å². The molecule has 31 heavy (non-hydrogen) atoms. The molecule has 162 valence electrons. The van der Waals surface area contributed by atoms with Crippen molar-refractivity contribution in [2.24, 2.45) is 0 Å². The Bertz CT molecular complexity index is 963. The van der Waals surface area contributed by atoms with Crippen LogP contribution in [0.2, 0.25) is 0 Å². The topological polar surface area (TPSA) is 100 Å². The Labute approximate surface area is 180 Å². The molecular formula is C23H25N3O5. The van der Waals surface area contributed by atoms with E-state index < -0.39 is 5.91 Å². The summed E-state index contributed by atoms with van der Waals surface area (Å²) < 4.78 is 10.6. The molecule has 1 aliphatic rings. The van der Waals surface area contributed by atoms with Crippen molar-refractivity contribution >= 4 is 29.5 Å². The largest absolute Gasteiger partial charge is 0.497 e. The SMILES string of the molecule is COc1cccc(C(=Cc2ccc(C=CC(=O)NO)cc2)C(=O)NN2CCOCC2)c1. The van der Waals surface area contributed by atoms with Crippen LogP contribution in [0.15, 0.2) is 54.6 Å². The summed E-state index contributed by atoms with van der Waals surface area (Å²) in [6.45, 7) is 2.39. The van der Waals surface area contributed by atoms with Gasteiger partial charge in [0.05, 0.1) is 20.3 Å². The van der Waals surface area contributed by atoms with E-state index in [4.69, 9.17) is 14.7 Å². The van der Waals surface area contributed by atoms with Crippen LogP contribution in [0.1, 0.15) is 16.7 Å². The number of rotatable bonds is 7. The second-order valence-corrected chi connectivity index (χ2v) is 6.81. The third-order valence-corrected chi connectivity index (χ3v) is 4.68. The van der Waals surface area contributed by atoms with Gasteiger partial charge in [-0.2, -0.15) is 0 Å². The van der Waals surface area contributed by atoms with E-state index in [1.807, 2.05) is 53.5 Å². The summed E-state index contributed by atoms with van der Waals surface area (Å²) in [4.78, 5) is 24.2. The van der Waals surface area contributed by atoms with Crippen molar-refractivity contribution in [3.05, 3.63) is 71.3 Å². The fraction of sp³-hybridized carbons (Fsp3) is 0.217. The van der Waals surface area contributed by atoms with Crippen molar-refractivity contribution in [1.29, 1.82) is 0 Å². The normalized spacial score (nSPS) is 15.0. The van der Waals surface area contributed by atoms with E-state index in [1.165, 1.54) is 6.08 Å². The van der Waals surface area contributed by atoms with Gasteiger partial charge in [-0.15, -0.1) is 0 Å². The number of benzene rings is 2. The van der Waals surface area contributed by atoms with Crippen LogP contribution in [0.4, 0.5) is 0 Å². The Kier molecular flexibility index (Phi) is 7.94. The van der Waals surface area contributed by atoms with Crippen molar-refractivity contribution in [2.75, 3.05) is 33.4 Å². The lowest BCUT2D eigenvalue weighted by atomic mass is 10.0. The van der Waals surface area contributed by atoms with E-state index in [-0.39, 0.29) is 5.91 Å². The van der Waals surface area contributed by atoms with Crippen LogP contribution in [0, 0.1) is 0 Å². The number of hydroxylamine groups is 1. The van der Waals surface area contributed by atoms with Gasteiger partial charge in [0.15, 0.2) is 0 Å². The van der Waals surface area contributed by atoms with Crippen LogP contribution in [-0.2, 0) is 14.3 Å². The summed E-state index contributed by atoms with van der Waals surface area (Å²) in [7, 11) is 1.58. The zero-order chi connectivity index (χ0) is 22.1. The van der Waals surface area contributed by atoms with Crippen molar-refractivity contribution in [3.8, 4) is 5.75 Å². The second kappa shape index (κ2) is 11.1. The number of amides is 2. The molecule has 0 saturated carbocycles. The first-order valence-electron chi connectivity index (χ1n) is 9.81. The summed E-state index contributed by atoms with van der Waals surface area (Å²) in [5.41, 5.74) is 7.32. The van der Waals surface area contributed by atoms with Gasteiger partial charge in [0.2, 0.25) is 0 Å². The lowest BCUT2D eigenvalue weighted by Crippen LogP contribution is -2.48. The second-order valence-electron chi connectivity index (χ2n) is 6.81. The number of methoxy groups -OCH3 is 1. The van der Waals surface area contributed by atoms with Crippen molar-refractivity contribution < 1.29 is 24.3 Å². The molecule has 3 N–H and O–H groups in total. The van der Waals surface area contributed by atoms with Gasteiger partial charge >= 0.3 is 0 Å². The average Bonchev–Trinajstić information content (AvgIpc) is 2.82. The van der Waals surface area contributed by atoms with E-state index in [0.29, 0.717) is 37.6 Å². The molecule has 2 aromatic rings. The van der Waals surface area contributed by atoms with Crippen molar-refractivity contribution in [3.63, 3.8) is 0 Å². The Hall–Kier alpha value is -3.46. The van der Waals surface area contributed by atoms with E-state index in [9.17, 15) is 9.59 Å². The third-order valence-electron chi connectivity index (χ3n) is 4.68. The predicted octanol–water partition coefficient (Wildman–Crippen LogP) is 2.12. The lowest BCUT2D eigenvalue weighted by Gasteiger charge is -2.27. The highest BCUT2D eigenvalue weighted by atomic mass is 16.5. The molecule has 8 heteroatoms. The zero-order valence-electron chi connectivity index (χ0n) is 17.2. The summed E-state index contributed by atoms with van der Waals surface area (Å²) in [6.07, 6.45) is 4.61. The van der Waals surface area contributed by atoms with Gasteiger partial charge in [-0.05, 0) is 41.0 Å². The molecule has 0 unspecified atom stereocenters. The first kappa shape index (κ1) is 22.2. The van der Waals surface area contributed by atoms with Crippen LogP contribution in [0.3, 0.4) is 0 Å². The highest BCUT2D eigenvalue weighted by Gasteiger charge is 2.18. The number of nitrogens with zero attached hydrogens (tertiary/aromatic N) is 1. The summed E-state index contributed by atoms with van der Waals surface area (Å²) in [6, 6.07) is 14.7. The summed E-state index contributed by atoms with van der Waals surface area (Å²) in [5, 5.41) is 10.4. The highest BCUT2D eigenvalue weighted by Crippen LogP contribution is 2.23. The van der Waals surface area contributed by atoms with Crippen molar-refractivity contribution in [2.45, 2.75) is 0 Å². The average molecular weight is 423 g/mol. The van der Waals surface area contributed by atoms with Gasteiger partial charge in [0.1, 0.15) is 5.75 Å². The molecule has 1 heterocycles. The van der Waals surface area contributed by atoms with Crippen LogP contribution < -0.4 is 15.6 Å². The molecule has 0 spiro atoms. The fourth-order valence-corrected chi connectivity index (χ4v) is 3.03. The van der Waals surface area contributed by atoms with Gasteiger partial charge in [0.25, 0.3) is 11.8 Å². The first-order chi connectivity index (χ1) is 15.1. The van der Waals surface area contributed by atoms with Crippen LogP contribution >= 0.6 is 0 Å². The lowest BCUT2D eigenvalue weighted by molar-refractivity contribution is -0.124. The molecule has 3 rings (SSSR count). The van der Waals surface area contributed by atoms with Crippen LogP contribution in [0.5, 0.6) is 5.75 Å². The zero-order valence-corrected chi connectivity index (χ0v) is 17.2. The Morgan fingerprint density at radius 2 is 1.81 bits per heavy atom. The quantitative estimate of drug-likeness (QED) is 0.273. The summed E-state index contributed by atoms with van der Waals surface area (Å²) in [5.74, 6) is -0.173. The number of hydrazine groups is 1. The molecule has 0 aromatic heterocycles. The van der Waals surface area contributed by atoms with E-state index >= 15 is 0 Å². The smallest absolute Gasteiger partial charge is 0.267 e. The maximum Gasteiger partial charge on any atom is 0.267 e. The van der Waals surface area contributed by atoms with Gasteiger partial charge in [-0.25, -0.2) is 10.5 Å². The molecule has 1 fully saturated rings. The fourth-order valence-electron chi connectivity index (χ4n) is 3.03. The number of ether oxygens (including phenoxy) is 2. The maximum absolute atomic E-state index is 13.1. The number of hydrogen-bond acceptors (Lipinski definition) is 6. The standard InChI is InChI=1S/C23H25N3O5/c1-30-20-4-2-3-19(16-20)21(23(28)24-26-11-13-31-14-12-26)15-18-7-5-17(6-8-18)9-10-22(27)25-29/h2-10,15-16,29H,11-14H2,1H3,(H,24,28)(H,25,27). The highest BCUT2D eigenvalue weighted by molar-refractivity contribution is 6.24. The molecule has 2 aromatic carbocycles. The Balaban J connectivity index is 1.87. The molecule has 1 aliphatic heterocycles. The minimum absolute atomic E-state index is 0.223. The minimum Gasteiger partial charge on any atom is -0.497 e. The van der Waals surface area contributed by atoms with Gasteiger partial charge in [0, 0.05) is 24.7 Å². The molecule has 0 atom stereocenters. The molecule has 0 radical (unpaired) electrons. The van der Waals surface area contributed by atoms with Gasteiger partial charge in [-0.1, -0.05) is 36.4 Å². The number of nitrogens with one attached hydrogen (secondary N) is 2. The van der Waals surface area contributed by atoms with Crippen LogP contribution in [0.25, 0.3) is 17.7 Å². The molecule has 0 bridgehead atoms. The van der Waals surface area contributed by atoms with Gasteiger partial charge < -0.3 is 9.47 Å². The monoisotopic (exact) mass is 423 g/mol. The molecule has 8 nitrogen and oxygen atoms in total. The Morgan fingerprint density at radius 3 is 2.48 bits per heavy atom. The number of morpholine rings is 1. The molecular weight excluding hydrogens is 398 g/mol. The number of carbonyl (C=O) groups is 2. The Morgan fingerprint density at radius 1 is 1.10 bits per heavy atom. The number of hydrogen-bond donors (Lipinski definition) is 3. The number of carbonyl (C=O) groups excluding carboxylic acids is 2. The maximum atomic E-state index is 13.1. The first-order valence-corrected chi connectivity index (χ1v) is 9.81. The molecule has 2 amide bonds. The van der Waals surface area contributed by atoms with E-state index in [1.54, 1.807) is 24.7 Å². The minimum atomic E-state index is -0.607. The van der Waals surface area contributed by atoms with Crippen LogP contribution in [-0.4, -0.2) is 55.4 Å². The summed E-state index contributed by atoms with van der Waals surface area (Å²) >= 11 is 0. The molecule has 1 saturated heterocycles. The van der Waals surface area contributed by atoms with E-state index in [0.717, 1.165) is 16.7 Å². The van der Waals surface area contributed by atoms with Crippen molar-refractivity contribution in [1.82, 2.24) is 15.9 Å². The molecule has 0 aliphatic carbocycles. The van der Waals surface area contributed by atoms with Gasteiger partial charge in [-0.3, -0.25) is 20.2 Å². The third kappa shape index (κ3) is 6.51. The predicted molar refractivity (Wildman–Crippen MR) is 117 cm³/mol.